The predicted octanol–water partition coefficient (Wildman–Crippen LogP) is 1.55. The Morgan fingerprint density at radius 2 is 2.00 bits per heavy atom. The summed E-state index contributed by atoms with van der Waals surface area (Å²) < 4.78 is 8.90. The van der Waals surface area contributed by atoms with Gasteiger partial charge in [0, 0.05) is 2.02 Å². The Balaban J connectivity index is 1.84. The van der Waals surface area contributed by atoms with Crippen molar-refractivity contribution in [2.75, 3.05) is 0 Å². The Bertz CT molecular complexity index is 635. The number of carbonyl (C=O) groups is 2. The molecule has 4 unspecified atom stereocenters. The lowest BCUT2D eigenvalue weighted by molar-refractivity contribution is -0.130. The Morgan fingerprint density at radius 1 is 1.16 bits per heavy atom. The predicted molar refractivity (Wildman–Crippen MR) is 103 cm³/mol. The lowest BCUT2D eigenvalue weighted by atomic mass is 10.0. The van der Waals surface area contributed by atoms with E-state index in [2.05, 4.69) is 25.2 Å². The largest absolute Gasteiger partial charge is 0.290 e. The van der Waals surface area contributed by atoms with Crippen LogP contribution >= 0.6 is 62.2 Å². The molecule has 0 bridgehead atoms. The van der Waals surface area contributed by atoms with Crippen LogP contribution in [-0.4, -0.2) is 42.6 Å². The molecular weight excluding hydrogens is 585 g/mol. The number of aliphatic imine (C=N–C) groups is 1. The molecule has 0 aromatic rings. The van der Waals surface area contributed by atoms with Crippen molar-refractivity contribution >= 4 is 89.8 Å². The molecule has 7 heteroatoms. The zero-order valence-corrected chi connectivity index (χ0v) is 16.0. The van der Waals surface area contributed by atoms with Crippen LogP contribution in [0.3, 0.4) is 0 Å². The average Bonchev–Trinajstić information content (AvgIpc) is 2.74. The molecule has 4 aliphatic heterocycles. The van der Waals surface area contributed by atoms with Crippen LogP contribution in [0, 0.1) is 11.8 Å². The number of alkyl halides is 1. The molecule has 0 N–H and O–H groups in total. The minimum atomic E-state index is -0.157. The van der Waals surface area contributed by atoms with Crippen molar-refractivity contribution in [1.82, 2.24) is 4.90 Å². The summed E-state index contributed by atoms with van der Waals surface area (Å²) in [4.78, 5) is 31.5. The Hall–Kier alpha value is 0.350. The van der Waals surface area contributed by atoms with E-state index in [-0.39, 0.29) is 95.8 Å². The van der Waals surface area contributed by atoms with Gasteiger partial charge in [-0.2, -0.15) is 0 Å². The van der Waals surface area contributed by atoms with E-state index in [9.17, 15) is 9.59 Å². The zero-order valence-electron chi connectivity index (χ0n) is 9.54. The molecule has 1 saturated heterocycles. The van der Waals surface area contributed by atoms with Gasteiger partial charge in [0.15, 0.2) is 5.84 Å². The highest BCUT2D eigenvalue weighted by atomic mass is 127. The standard InChI is InChI=1S/C12H9I3N2O2/c18-9-6-3-13-2-1-8(6)17-11(9)16-10-7(12(17)19)4-14-5-15-10/h1-8,10H. The van der Waals surface area contributed by atoms with Crippen molar-refractivity contribution in [3.63, 3.8) is 0 Å². The molecule has 0 aromatic heterocycles. The molecule has 0 saturated carbocycles. The van der Waals surface area contributed by atoms with E-state index in [0.29, 0.717) is 5.84 Å². The lowest BCUT2D eigenvalue weighted by Crippen LogP contribution is -2.49. The minimum absolute atomic E-state index is 0.0319. The number of hydrogen-bond acceptors (Lipinski definition) is 3. The van der Waals surface area contributed by atoms with Crippen molar-refractivity contribution < 1.29 is 9.59 Å². The monoisotopic (exact) mass is 594 g/mol. The first-order valence-corrected chi connectivity index (χ1v) is 13.2. The summed E-state index contributed by atoms with van der Waals surface area (Å²) in [5.41, 5.74) is 0. The Morgan fingerprint density at radius 3 is 2.89 bits per heavy atom. The molecule has 0 spiro atoms. The van der Waals surface area contributed by atoms with Crippen LogP contribution in [0.1, 0.15) is 0 Å². The van der Waals surface area contributed by atoms with Gasteiger partial charge in [-0.25, -0.2) is 0 Å². The summed E-state index contributed by atoms with van der Waals surface area (Å²) in [7, 11) is 0. The van der Waals surface area contributed by atoms with Gasteiger partial charge in [0.25, 0.3) is 0 Å². The molecule has 4 rings (SSSR count). The van der Waals surface area contributed by atoms with Crippen molar-refractivity contribution in [3.8, 4) is 0 Å². The molecule has 0 radical (unpaired) electrons. The second-order valence-electron chi connectivity index (χ2n) is 4.47. The molecule has 1 amide bonds. The summed E-state index contributed by atoms with van der Waals surface area (Å²) in [6.45, 7) is 0. The summed E-state index contributed by atoms with van der Waals surface area (Å²) >= 11 is -0.317. The second kappa shape index (κ2) is 4.97. The van der Waals surface area contributed by atoms with Gasteiger partial charge in [0.05, 0.1) is 17.9 Å². The molecule has 0 aliphatic carbocycles. The molecule has 4 aliphatic rings. The number of halogens is 3. The fourth-order valence-electron chi connectivity index (χ4n) is 2.55. The van der Waals surface area contributed by atoms with Crippen molar-refractivity contribution in [2.45, 2.75) is 10.1 Å². The third kappa shape index (κ3) is 1.93. The van der Waals surface area contributed by atoms with Gasteiger partial charge in [0.2, 0.25) is 11.7 Å². The molecule has 1 fully saturated rings. The SMILES string of the molecule is O=C1C2=NC3I=CI=CC3C(=O)N2C2C=CI=CC12. The summed E-state index contributed by atoms with van der Waals surface area (Å²) in [6, 6.07) is -0.0798. The molecule has 100 valence electrons. The van der Waals surface area contributed by atoms with Crippen molar-refractivity contribution in [2.24, 2.45) is 16.8 Å². The van der Waals surface area contributed by atoms with Gasteiger partial charge in [-0.05, 0) is 12.1 Å². The van der Waals surface area contributed by atoms with Crippen LogP contribution in [0.2, 0.25) is 0 Å². The topological polar surface area (TPSA) is 49.7 Å². The van der Waals surface area contributed by atoms with E-state index in [4.69, 9.17) is 0 Å². The normalized spacial score (nSPS) is 39.4. The number of amides is 1. The maximum atomic E-state index is 12.7. The summed E-state index contributed by atoms with van der Waals surface area (Å²) in [5.74, 6) is 0.504. The number of fused-ring (bicyclic) bond motifs is 4. The van der Waals surface area contributed by atoms with Crippen molar-refractivity contribution in [3.05, 3.63) is 10.2 Å². The molecule has 4 nitrogen and oxygen atoms in total. The van der Waals surface area contributed by atoms with Crippen LogP contribution in [0.4, 0.5) is 0 Å². The smallest absolute Gasteiger partial charge is 0.239 e. The first-order chi connectivity index (χ1) is 9.27. The molecular formula is C12H9I3N2O2. The Kier molecular flexibility index (Phi) is 3.41. The molecule has 4 atom stereocenters. The van der Waals surface area contributed by atoms with E-state index in [1.807, 2.05) is 0 Å². The van der Waals surface area contributed by atoms with E-state index in [0.717, 1.165) is 0 Å². The zero-order chi connectivity index (χ0) is 13.0. The molecule has 4 heterocycles. The van der Waals surface area contributed by atoms with Crippen LogP contribution in [0.25, 0.3) is 0 Å². The number of ketones is 1. The number of Topliss-reactive ketones (excluding diaryl/α,β-unsaturated/α-hetero) is 1. The maximum Gasteiger partial charge on any atom is 0.239 e. The van der Waals surface area contributed by atoms with Crippen LogP contribution in [0.5, 0.6) is 0 Å². The number of rotatable bonds is 0. The Labute approximate surface area is 140 Å². The van der Waals surface area contributed by atoms with Crippen LogP contribution in [0.15, 0.2) is 15.2 Å². The van der Waals surface area contributed by atoms with Crippen LogP contribution in [-0.2, 0) is 9.59 Å². The van der Waals surface area contributed by atoms with E-state index in [1.165, 1.54) is 0 Å². The van der Waals surface area contributed by atoms with Gasteiger partial charge in [-0.1, -0.05) is 68.3 Å². The highest BCUT2D eigenvalue weighted by molar-refractivity contribution is 14.3. The fraction of sp³-hybridized carbons (Fsp3) is 0.333. The van der Waals surface area contributed by atoms with Gasteiger partial charge in [-0.3, -0.25) is 19.5 Å². The van der Waals surface area contributed by atoms with Gasteiger partial charge >= 0.3 is 0 Å². The molecule has 0 aromatic carbocycles. The number of hydrogen-bond donors (Lipinski definition) is 0. The second-order valence-corrected chi connectivity index (χ2v) is 13.7. The maximum absolute atomic E-state index is 12.7. The number of amidine groups is 1. The van der Waals surface area contributed by atoms with E-state index in [1.54, 1.807) is 4.90 Å². The number of carbonyl (C=O) groups excluding carboxylic acids is 2. The van der Waals surface area contributed by atoms with Gasteiger partial charge in [-0.15, -0.1) is 0 Å². The first kappa shape index (κ1) is 13.0. The molecule has 19 heavy (non-hydrogen) atoms. The van der Waals surface area contributed by atoms with E-state index < -0.39 is 0 Å². The third-order valence-corrected chi connectivity index (χ3v) is 12.7. The van der Waals surface area contributed by atoms with Crippen LogP contribution < -0.4 is 0 Å². The quantitative estimate of drug-likeness (QED) is 0.243. The minimum Gasteiger partial charge on any atom is -0.290 e. The lowest BCUT2D eigenvalue weighted by Gasteiger charge is -2.33. The van der Waals surface area contributed by atoms with Gasteiger partial charge in [0.1, 0.15) is 4.05 Å². The highest BCUT2D eigenvalue weighted by Gasteiger charge is 2.51. The van der Waals surface area contributed by atoms with Gasteiger partial charge < -0.3 is 0 Å². The fourth-order valence-corrected chi connectivity index (χ4v) is 12.6. The third-order valence-electron chi connectivity index (χ3n) is 3.47. The summed E-state index contributed by atoms with van der Waals surface area (Å²) in [5, 5.41) is 0. The number of nitrogens with zero attached hydrogens (tertiary/aromatic N) is 2. The highest BCUT2D eigenvalue weighted by Crippen LogP contribution is 2.38. The van der Waals surface area contributed by atoms with E-state index >= 15 is 0 Å². The average molecular weight is 594 g/mol. The summed E-state index contributed by atoms with van der Waals surface area (Å²) in [6.07, 6.45) is 2.05. The van der Waals surface area contributed by atoms with Crippen molar-refractivity contribution in [1.29, 1.82) is 0 Å². The first-order valence-electron chi connectivity index (χ1n) is 5.73.